The van der Waals surface area contributed by atoms with Crippen molar-refractivity contribution in [2.75, 3.05) is 5.32 Å². The van der Waals surface area contributed by atoms with Gasteiger partial charge in [-0.2, -0.15) is 0 Å². The third-order valence-electron chi connectivity index (χ3n) is 4.35. The number of hydrogen-bond acceptors (Lipinski definition) is 2. The molecule has 3 rings (SSSR count). The zero-order chi connectivity index (χ0) is 18.8. The predicted octanol–water partition coefficient (Wildman–Crippen LogP) is 5.00. The van der Waals surface area contributed by atoms with Gasteiger partial charge in [-0.15, -0.1) is 0 Å². The molecule has 0 saturated heterocycles. The molecular formula is C20H20Cl2N2O2. The summed E-state index contributed by atoms with van der Waals surface area (Å²) in [5.74, 6) is -0.0890. The van der Waals surface area contributed by atoms with E-state index in [4.69, 9.17) is 23.2 Å². The summed E-state index contributed by atoms with van der Waals surface area (Å²) in [6.45, 7) is 4.50. The van der Waals surface area contributed by atoms with Crippen molar-refractivity contribution in [2.45, 2.75) is 32.9 Å². The molecule has 0 radical (unpaired) electrons. The van der Waals surface area contributed by atoms with E-state index in [1.165, 1.54) is 0 Å². The van der Waals surface area contributed by atoms with Crippen LogP contribution in [0.2, 0.25) is 10.0 Å². The molecule has 0 spiro atoms. The SMILES string of the molecule is CC(C)CC(C(=O)Nc1cc(Cl)cc(Cl)c1)N1Cc2ccccc2C1=O. The Kier molecular flexibility index (Phi) is 5.54. The lowest BCUT2D eigenvalue weighted by Crippen LogP contribution is -2.45. The van der Waals surface area contributed by atoms with Crippen molar-refractivity contribution >= 4 is 40.7 Å². The molecule has 4 nitrogen and oxygen atoms in total. The van der Waals surface area contributed by atoms with Crippen molar-refractivity contribution in [3.8, 4) is 0 Å². The molecule has 2 aromatic carbocycles. The maximum Gasteiger partial charge on any atom is 0.255 e. The number of anilines is 1. The molecule has 2 amide bonds. The first kappa shape index (κ1) is 18.7. The molecule has 6 heteroatoms. The highest BCUT2D eigenvalue weighted by Crippen LogP contribution is 2.28. The Morgan fingerprint density at radius 3 is 2.42 bits per heavy atom. The van der Waals surface area contributed by atoms with Gasteiger partial charge in [-0.3, -0.25) is 9.59 Å². The average Bonchev–Trinajstić information content (AvgIpc) is 2.88. The van der Waals surface area contributed by atoms with E-state index >= 15 is 0 Å². The maximum absolute atomic E-state index is 13.0. The zero-order valence-electron chi connectivity index (χ0n) is 14.6. The summed E-state index contributed by atoms with van der Waals surface area (Å²) in [4.78, 5) is 27.4. The molecular weight excluding hydrogens is 371 g/mol. The number of carbonyl (C=O) groups excluding carboxylic acids is 2. The first-order chi connectivity index (χ1) is 12.3. The van der Waals surface area contributed by atoms with Gasteiger partial charge >= 0.3 is 0 Å². The fourth-order valence-electron chi connectivity index (χ4n) is 3.20. The number of nitrogens with one attached hydrogen (secondary N) is 1. The van der Waals surface area contributed by atoms with Gasteiger partial charge in [-0.05, 0) is 42.2 Å². The molecule has 1 heterocycles. The minimum absolute atomic E-state index is 0.106. The van der Waals surface area contributed by atoms with Gasteiger partial charge in [0.2, 0.25) is 5.91 Å². The first-order valence-corrected chi connectivity index (χ1v) is 9.26. The Balaban J connectivity index is 1.84. The quantitative estimate of drug-likeness (QED) is 0.780. The third kappa shape index (κ3) is 4.02. The van der Waals surface area contributed by atoms with Gasteiger partial charge < -0.3 is 10.2 Å². The van der Waals surface area contributed by atoms with E-state index in [9.17, 15) is 9.59 Å². The highest BCUT2D eigenvalue weighted by Gasteiger charge is 2.36. The maximum atomic E-state index is 13.0. The molecule has 1 aliphatic heterocycles. The fraction of sp³-hybridized carbons (Fsp3) is 0.300. The number of carbonyl (C=O) groups is 2. The molecule has 1 atom stereocenters. The van der Waals surface area contributed by atoms with Crippen LogP contribution in [-0.2, 0) is 11.3 Å². The Morgan fingerprint density at radius 2 is 1.81 bits per heavy atom. The Hall–Kier alpha value is -2.04. The van der Waals surface area contributed by atoms with Crippen molar-refractivity contribution in [3.63, 3.8) is 0 Å². The Morgan fingerprint density at radius 1 is 1.15 bits per heavy atom. The lowest BCUT2D eigenvalue weighted by molar-refractivity contribution is -0.121. The second-order valence-corrected chi connectivity index (χ2v) is 7.76. The third-order valence-corrected chi connectivity index (χ3v) is 4.79. The molecule has 1 N–H and O–H groups in total. The molecule has 2 aromatic rings. The highest BCUT2D eigenvalue weighted by atomic mass is 35.5. The van der Waals surface area contributed by atoms with Gasteiger partial charge in [0.25, 0.3) is 5.91 Å². The lowest BCUT2D eigenvalue weighted by Gasteiger charge is -2.28. The van der Waals surface area contributed by atoms with E-state index in [2.05, 4.69) is 5.32 Å². The van der Waals surface area contributed by atoms with Gasteiger partial charge in [-0.1, -0.05) is 55.2 Å². The smallest absolute Gasteiger partial charge is 0.255 e. The van der Waals surface area contributed by atoms with E-state index in [0.29, 0.717) is 34.3 Å². The summed E-state index contributed by atoms with van der Waals surface area (Å²) in [5.41, 5.74) is 2.13. The normalized spacial score (nSPS) is 14.5. The monoisotopic (exact) mass is 390 g/mol. The standard InChI is InChI=1S/C20H20Cl2N2O2/c1-12(2)7-18(19(25)23-16-9-14(21)8-15(22)10-16)24-11-13-5-3-4-6-17(13)20(24)26/h3-6,8-10,12,18H,7,11H2,1-2H3,(H,23,25). The molecule has 0 fully saturated rings. The van der Waals surface area contributed by atoms with E-state index in [1.54, 1.807) is 29.2 Å². The first-order valence-electron chi connectivity index (χ1n) is 8.51. The van der Waals surface area contributed by atoms with Crippen molar-refractivity contribution in [3.05, 3.63) is 63.6 Å². The van der Waals surface area contributed by atoms with Crippen LogP contribution in [-0.4, -0.2) is 22.8 Å². The molecule has 0 saturated carbocycles. The summed E-state index contributed by atoms with van der Waals surface area (Å²) in [6.07, 6.45) is 0.569. The number of fused-ring (bicyclic) bond motifs is 1. The molecule has 1 unspecified atom stereocenters. The topological polar surface area (TPSA) is 49.4 Å². The van der Waals surface area contributed by atoms with Crippen LogP contribution in [0, 0.1) is 5.92 Å². The highest BCUT2D eigenvalue weighted by molar-refractivity contribution is 6.35. The van der Waals surface area contributed by atoms with Crippen molar-refractivity contribution in [2.24, 2.45) is 5.92 Å². The van der Waals surface area contributed by atoms with Crippen LogP contribution < -0.4 is 5.32 Å². The second kappa shape index (κ2) is 7.68. The predicted molar refractivity (Wildman–Crippen MR) is 105 cm³/mol. The number of halogens is 2. The van der Waals surface area contributed by atoms with Gasteiger partial charge in [0, 0.05) is 27.8 Å². The fourth-order valence-corrected chi connectivity index (χ4v) is 3.73. The zero-order valence-corrected chi connectivity index (χ0v) is 16.1. The van der Waals surface area contributed by atoms with Crippen molar-refractivity contribution in [1.29, 1.82) is 0 Å². The van der Waals surface area contributed by atoms with Crippen LogP contribution >= 0.6 is 23.2 Å². The van der Waals surface area contributed by atoms with Crippen LogP contribution in [0.15, 0.2) is 42.5 Å². The van der Waals surface area contributed by atoms with Crippen molar-refractivity contribution in [1.82, 2.24) is 4.90 Å². The van der Waals surface area contributed by atoms with Crippen LogP contribution in [0.4, 0.5) is 5.69 Å². The molecule has 0 bridgehead atoms. The Labute approximate surface area is 163 Å². The number of nitrogens with zero attached hydrogens (tertiary/aromatic N) is 1. The van der Waals surface area contributed by atoms with Crippen LogP contribution in [0.3, 0.4) is 0 Å². The number of hydrogen-bond donors (Lipinski definition) is 1. The molecule has 0 aliphatic carbocycles. The minimum atomic E-state index is -0.562. The number of amides is 2. The minimum Gasteiger partial charge on any atom is -0.324 e. The summed E-state index contributed by atoms with van der Waals surface area (Å²) >= 11 is 12.0. The summed E-state index contributed by atoms with van der Waals surface area (Å²) in [7, 11) is 0. The van der Waals surface area contributed by atoms with Crippen LogP contribution in [0.1, 0.15) is 36.2 Å². The molecule has 136 valence electrons. The van der Waals surface area contributed by atoms with Crippen LogP contribution in [0.5, 0.6) is 0 Å². The van der Waals surface area contributed by atoms with Gasteiger partial charge in [0.1, 0.15) is 6.04 Å². The van der Waals surface area contributed by atoms with E-state index < -0.39 is 6.04 Å². The number of benzene rings is 2. The van der Waals surface area contributed by atoms with Crippen molar-refractivity contribution < 1.29 is 9.59 Å². The van der Waals surface area contributed by atoms with E-state index in [0.717, 1.165) is 5.56 Å². The second-order valence-electron chi connectivity index (χ2n) is 6.88. The van der Waals surface area contributed by atoms with Gasteiger partial charge in [-0.25, -0.2) is 0 Å². The largest absolute Gasteiger partial charge is 0.324 e. The van der Waals surface area contributed by atoms with E-state index in [-0.39, 0.29) is 17.7 Å². The lowest BCUT2D eigenvalue weighted by atomic mass is 10.0. The summed E-state index contributed by atoms with van der Waals surface area (Å²) < 4.78 is 0. The summed E-state index contributed by atoms with van der Waals surface area (Å²) in [6, 6.07) is 11.8. The molecule has 0 aromatic heterocycles. The van der Waals surface area contributed by atoms with E-state index in [1.807, 2.05) is 32.0 Å². The number of rotatable bonds is 5. The van der Waals surface area contributed by atoms with Gasteiger partial charge in [0.05, 0.1) is 0 Å². The van der Waals surface area contributed by atoms with Crippen LogP contribution in [0.25, 0.3) is 0 Å². The summed E-state index contributed by atoms with van der Waals surface area (Å²) in [5, 5.41) is 3.74. The Bertz CT molecular complexity index is 831. The molecule has 26 heavy (non-hydrogen) atoms. The molecule has 1 aliphatic rings. The average molecular weight is 391 g/mol. The van der Waals surface area contributed by atoms with Gasteiger partial charge in [0.15, 0.2) is 0 Å².